The zero-order valence-corrected chi connectivity index (χ0v) is 12.9. The van der Waals surface area contributed by atoms with Crippen molar-refractivity contribution in [2.24, 2.45) is 5.92 Å². The summed E-state index contributed by atoms with van der Waals surface area (Å²) in [4.78, 5) is 11.5. The Bertz CT molecular complexity index is 531. The Morgan fingerprint density at radius 1 is 1.50 bits per heavy atom. The van der Waals surface area contributed by atoms with Gasteiger partial charge in [-0.15, -0.1) is 0 Å². The summed E-state index contributed by atoms with van der Waals surface area (Å²) in [6.07, 6.45) is 2.66. The number of hydrogen-bond acceptors (Lipinski definition) is 4. The molecule has 20 heavy (non-hydrogen) atoms. The van der Waals surface area contributed by atoms with Gasteiger partial charge in [-0.05, 0) is 43.9 Å². The zero-order chi connectivity index (χ0) is 14.6. The van der Waals surface area contributed by atoms with E-state index in [1.807, 2.05) is 24.3 Å². The predicted molar refractivity (Wildman–Crippen MR) is 80.1 cm³/mol. The number of carbonyl (C=O) groups excluding carboxylic acids is 1. The highest BCUT2D eigenvalue weighted by atomic mass is 79.9. The van der Waals surface area contributed by atoms with Gasteiger partial charge in [-0.1, -0.05) is 22.0 Å². The summed E-state index contributed by atoms with van der Waals surface area (Å²) in [7, 11) is 1.41. The minimum absolute atomic E-state index is 0.0780. The van der Waals surface area contributed by atoms with Crippen molar-refractivity contribution in [3.8, 4) is 6.07 Å². The van der Waals surface area contributed by atoms with E-state index >= 15 is 0 Å². The molecular formula is C15H17BrN2O2. The molecule has 106 valence electrons. The van der Waals surface area contributed by atoms with Crippen LogP contribution in [-0.4, -0.2) is 18.6 Å². The molecule has 0 spiro atoms. The average Bonchev–Trinajstić information content (AvgIpc) is 2.47. The molecule has 2 rings (SSSR count). The smallest absolute Gasteiger partial charge is 0.308 e. The molecule has 0 unspecified atom stereocenters. The van der Waals surface area contributed by atoms with Crippen LogP contribution in [0, 0.1) is 17.2 Å². The summed E-state index contributed by atoms with van der Waals surface area (Å²) < 4.78 is 5.75. The number of methoxy groups -OCH3 is 1. The van der Waals surface area contributed by atoms with Gasteiger partial charge in [0.25, 0.3) is 0 Å². The van der Waals surface area contributed by atoms with Gasteiger partial charge in [-0.25, -0.2) is 0 Å². The molecule has 1 aliphatic carbocycles. The predicted octanol–water partition coefficient (Wildman–Crippen LogP) is 3.49. The van der Waals surface area contributed by atoms with E-state index in [0.29, 0.717) is 25.7 Å². The third-order valence-electron chi connectivity index (χ3n) is 3.80. The molecule has 0 atom stereocenters. The van der Waals surface area contributed by atoms with Crippen molar-refractivity contribution < 1.29 is 9.53 Å². The second-order valence-corrected chi connectivity index (χ2v) is 6.04. The number of nitriles is 1. The Kier molecular flexibility index (Phi) is 4.66. The molecule has 1 fully saturated rings. The lowest BCUT2D eigenvalue weighted by molar-refractivity contribution is -0.146. The van der Waals surface area contributed by atoms with Crippen LogP contribution in [0.3, 0.4) is 0 Å². The monoisotopic (exact) mass is 336 g/mol. The molecule has 0 bridgehead atoms. The van der Waals surface area contributed by atoms with Crippen molar-refractivity contribution >= 4 is 27.6 Å². The first-order valence-electron chi connectivity index (χ1n) is 6.61. The van der Waals surface area contributed by atoms with Crippen molar-refractivity contribution in [2.45, 2.75) is 31.2 Å². The Hall–Kier alpha value is -1.54. The number of rotatable bonds is 3. The van der Waals surface area contributed by atoms with Gasteiger partial charge in [0.05, 0.1) is 19.1 Å². The number of nitrogens with one attached hydrogen (secondary N) is 1. The number of carbonyl (C=O) groups is 1. The largest absolute Gasteiger partial charge is 0.469 e. The van der Waals surface area contributed by atoms with Gasteiger partial charge in [0, 0.05) is 10.2 Å². The highest BCUT2D eigenvalue weighted by molar-refractivity contribution is 9.10. The molecule has 0 aliphatic heterocycles. The molecule has 0 aromatic heterocycles. The molecule has 1 aliphatic rings. The van der Waals surface area contributed by atoms with E-state index in [4.69, 9.17) is 4.74 Å². The summed E-state index contributed by atoms with van der Waals surface area (Å²) in [6.45, 7) is 0. The molecule has 5 heteroatoms. The molecule has 1 N–H and O–H groups in total. The van der Waals surface area contributed by atoms with Crippen LogP contribution in [0.2, 0.25) is 0 Å². The summed E-state index contributed by atoms with van der Waals surface area (Å²) in [5.41, 5.74) is 0.322. The second kappa shape index (κ2) is 6.27. The van der Waals surface area contributed by atoms with Crippen LogP contribution < -0.4 is 5.32 Å². The van der Waals surface area contributed by atoms with E-state index < -0.39 is 5.54 Å². The van der Waals surface area contributed by atoms with Gasteiger partial charge in [0.2, 0.25) is 0 Å². The highest BCUT2D eigenvalue weighted by Crippen LogP contribution is 2.35. The first-order chi connectivity index (χ1) is 9.58. The summed E-state index contributed by atoms with van der Waals surface area (Å²) in [5.74, 6) is -0.246. The van der Waals surface area contributed by atoms with Gasteiger partial charge in [0.15, 0.2) is 0 Å². The quantitative estimate of drug-likeness (QED) is 0.858. The third kappa shape index (κ3) is 3.31. The fourth-order valence-corrected chi connectivity index (χ4v) is 3.02. The summed E-state index contributed by atoms with van der Waals surface area (Å²) >= 11 is 3.42. The minimum Gasteiger partial charge on any atom is -0.469 e. The van der Waals surface area contributed by atoms with Crippen molar-refractivity contribution in [3.05, 3.63) is 28.7 Å². The SMILES string of the molecule is COC(=O)[C@H]1CC[C@](C#N)(Nc2cccc(Br)c2)CC1. The molecule has 0 saturated heterocycles. The van der Waals surface area contributed by atoms with Crippen LogP contribution in [0.5, 0.6) is 0 Å². The van der Waals surface area contributed by atoms with Crippen LogP contribution in [0.25, 0.3) is 0 Å². The number of nitrogens with zero attached hydrogens (tertiary/aromatic N) is 1. The molecule has 1 aromatic rings. The number of benzene rings is 1. The van der Waals surface area contributed by atoms with E-state index in [2.05, 4.69) is 27.3 Å². The van der Waals surface area contributed by atoms with E-state index in [9.17, 15) is 10.1 Å². The van der Waals surface area contributed by atoms with Crippen molar-refractivity contribution in [1.29, 1.82) is 5.26 Å². The normalized spacial score (nSPS) is 25.6. The molecule has 0 amide bonds. The van der Waals surface area contributed by atoms with Crippen LogP contribution in [0.4, 0.5) is 5.69 Å². The van der Waals surface area contributed by atoms with Gasteiger partial charge in [-0.3, -0.25) is 4.79 Å². The first kappa shape index (κ1) is 14.9. The summed E-state index contributed by atoms with van der Waals surface area (Å²) in [6, 6.07) is 10.1. The van der Waals surface area contributed by atoms with Gasteiger partial charge in [0.1, 0.15) is 5.54 Å². The Labute approximate surface area is 127 Å². The molecule has 1 aromatic carbocycles. The fraction of sp³-hybridized carbons (Fsp3) is 0.467. The van der Waals surface area contributed by atoms with Crippen molar-refractivity contribution in [1.82, 2.24) is 0 Å². The second-order valence-electron chi connectivity index (χ2n) is 5.13. The van der Waals surface area contributed by atoms with Crippen molar-refractivity contribution in [3.63, 3.8) is 0 Å². The zero-order valence-electron chi connectivity index (χ0n) is 11.4. The first-order valence-corrected chi connectivity index (χ1v) is 7.41. The summed E-state index contributed by atoms with van der Waals surface area (Å²) in [5, 5.41) is 12.8. The van der Waals surface area contributed by atoms with E-state index in [-0.39, 0.29) is 11.9 Å². The Morgan fingerprint density at radius 3 is 2.75 bits per heavy atom. The molecular weight excluding hydrogens is 320 g/mol. The number of hydrogen-bond donors (Lipinski definition) is 1. The third-order valence-corrected chi connectivity index (χ3v) is 4.29. The number of ether oxygens (including phenoxy) is 1. The standard InChI is InChI=1S/C15H17BrN2O2/c1-20-14(19)11-5-7-15(10-17,8-6-11)18-13-4-2-3-12(16)9-13/h2-4,9,11,18H,5-8H2,1H3/t11-,15-. The topological polar surface area (TPSA) is 62.1 Å². The van der Waals surface area contributed by atoms with Crippen LogP contribution in [-0.2, 0) is 9.53 Å². The lowest BCUT2D eigenvalue weighted by Crippen LogP contribution is -2.42. The maximum Gasteiger partial charge on any atom is 0.308 e. The average molecular weight is 337 g/mol. The Balaban J connectivity index is 2.06. The number of esters is 1. The van der Waals surface area contributed by atoms with Gasteiger partial charge >= 0.3 is 5.97 Å². The van der Waals surface area contributed by atoms with E-state index in [1.165, 1.54) is 7.11 Å². The molecule has 0 heterocycles. The van der Waals surface area contributed by atoms with Gasteiger partial charge in [-0.2, -0.15) is 5.26 Å². The van der Waals surface area contributed by atoms with E-state index in [0.717, 1.165) is 10.2 Å². The Morgan fingerprint density at radius 2 is 2.20 bits per heavy atom. The van der Waals surface area contributed by atoms with Crippen molar-refractivity contribution in [2.75, 3.05) is 12.4 Å². The molecule has 1 saturated carbocycles. The maximum atomic E-state index is 11.5. The number of halogens is 1. The lowest BCUT2D eigenvalue weighted by Gasteiger charge is -2.35. The lowest BCUT2D eigenvalue weighted by atomic mass is 9.77. The molecule has 4 nitrogen and oxygen atoms in total. The van der Waals surface area contributed by atoms with E-state index in [1.54, 1.807) is 0 Å². The highest BCUT2D eigenvalue weighted by Gasteiger charge is 2.38. The van der Waals surface area contributed by atoms with Gasteiger partial charge < -0.3 is 10.1 Å². The van der Waals surface area contributed by atoms with Crippen LogP contribution in [0.15, 0.2) is 28.7 Å². The minimum atomic E-state index is -0.592. The molecule has 0 radical (unpaired) electrons. The number of anilines is 1. The maximum absolute atomic E-state index is 11.5. The fourth-order valence-electron chi connectivity index (χ4n) is 2.62. The van der Waals surface area contributed by atoms with Crippen LogP contribution >= 0.6 is 15.9 Å². The van der Waals surface area contributed by atoms with Crippen LogP contribution in [0.1, 0.15) is 25.7 Å².